The van der Waals surface area contributed by atoms with Crippen molar-refractivity contribution < 1.29 is 23.5 Å². The van der Waals surface area contributed by atoms with E-state index < -0.39 is 0 Å². The van der Waals surface area contributed by atoms with Crippen molar-refractivity contribution in [1.82, 2.24) is 10.6 Å². The highest BCUT2D eigenvalue weighted by Crippen LogP contribution is 2.41. The van der Waals surface area contributed by atoms with E-state index in [1.807, 2.05) is 30.3 Å². The Hall–Kier alpha value is -4.17. The van der Waals surface area contributed by atoms with E-state index in [0.29, 0.717) is 40.0 Å². The van der Waals surface area contributed by atoms with Gasteiger partial charge in [0.05, 0.1) is 11.7 Å². The van der Waals surface area contributed by atoms with Gasteiger partial charge in [0.15, 0.2) is 0 Å². The van der Waals surface area contributed by atoms with Crippen molar-refractivity contribution in [3.8, 4) is 22.5 Å². The zero-order chi connectivity index (χ0) is 29.8. The molecule has 4 aromatic rings. The molecule has 8 heteroatoms. The Balaban J connectivity index is 1.59. The van der Waals surface area contributed by atoms with Crippen molar-refractivity contribution in [1.29, 1.82) is 0 Å². The lowest BCUT2D eigenvalue weighted by Crippen LogP contribution is -2.36. The number of aliphatic hydroxyl groups excluding tert-OH is 1. The number of carbonyl (C=O) groups is 2. The summed E-state index contributed by atoms with van der Waals surface area (Å²) < 4.78 is 20.0. The highest BCUT2D eigenvalue weighted by molar-refractivity contribution is 6.13. The number of nitrogens with one attached hydrogen (secondary N) is 2. The average molecular weight is 572 g/mol. The highest BCUT2D eigenvalue weighted by Gasteiger charge is 2.26. The number of rotatable bonds is 9. The lowest BCUT2D eigenvalue weighted by molar-refractivity contribution is 0.0662. The third-order valence-electron chi connectivity index (χ3n) is 8.30. The smallest absolute Gasteiger partial charge is 0.255 e. The van der Waals surface area contributed by atoms with Gasteiger partial charge in [-0.15, -0.1) is 0 Å². The molecule has 3 N–H and O–H groups in total. The Bertz CT molecular complexity index is 1580. The number of fused-ring (bicyclic) bond motifs is 1. The second-order valence-corrected chi connectivity index (χ2v) is 10.8. The number of hydrogen-bond acceptors (Lipinski definition) is 5. The van der Waals surface area contributed by atoms with Crippen LogP contribution >= 0.6 is 0 Å². The summed E-state index contributed by atoms with van der Waals surface area (Å²) in [4.78, 5) is 28.6. The maximum absolute atomic E-state index is 13.7. The molecule has 1 aliphatic carbocycles. The second-order valence-electron chi connectivity index (χ2n) is 10.8. The first-order valence-corrected chi connectivity index (χ1v) is 14.7. The Labute approximate surface area is 245 Å². The Kier molecular flexibility index (Phi) is 8.92. The molecule has 1 aromatic heterocycles. The maximum atomic E-state index is 13.7. The summed E-state index contributed by atoms with van der Waals surface area (Å²) >= 11 is 0. The molecule has 1 aliphatic rings. The van der Waals surface area contributed by atoms with E-state index in [9.17, 15) is 19.1 Å². The van der Waals surface area contributed by atoms with E-state index in [0.717, 1.165) is 55.6 Å². The van der Waals surface area contributed by atoms with Gasteiger partial charge in [-0.25, -0.2) is 4.39 Å². The summed E-state index contributed by atoms with van der Waals surface area (Å²) in [6, 6.07) is 17.2. The van der Waals surface area contributed by atoms with Crippen molar-refractivity contribution in [2.45, 2.75) is 45.6 Å². The van der Waals surface area contributed by atoms with Crippen LogP contribution in [0.5, 0.6) is 0 Å². The minimum atomic E-state index is -0.377. The van der Waals surface area contributed by atoms with Gasteiger partial charge in [0.2, 0.25) is 0 Å². The van der Waals surface area contributed by atoms with E-state index in [-0.39, 0.29) is 29.7 Å². The summed E-state index contributed by atoms with van der Waals surface area (Å²) in [6.45, 7) is 6.07. The summed E-state index contributed by atoms with van der Waals surface area (Å²) in [5, 5.41) is 16.7. The fourth-order valence-electron chi connectivity index (χ4n) is 5.92. The number of anilines is 1. The van der Waals surface area contributed by atoms with Gasteiger partial charge in [0.25, 0.3) is 11.8 Å². The molecule has 0 unspecified atom stereocenters. The van der Waals surface area contributed by atoms with Crippen molar-refractivity contribution in [3.05, 3.63) is 77.6 Å². The number of furan rings is 1. The standard InChI is InChI=1S/C34H38FN3O4/c1-4-38(5-2)28-19-30-27(31(34(41)36-3)32(42-30)21-13-15-25(35)16-14-21)18-26(28)22-10-8-11-23(17-22)33(40)37-20-24-9-6-7-12-29(24)39/h8,10-11,13-19,24,29,39H,4-7,9,12,20H2,1-3H3,(H,36,41)(H,37,40)/t24-,29-/m1/s1. The number of aliphatic hydroxyl groups is 1. The number of amides is 2. The number of halogens is 1. The molecule has 1 heterocycles. The minimum absolute atomic E-state index is 0.0714. The Morgan fingerprint density at radius 1 is 0.976 bits per heavy atom. The molecule has 0 saturated heterocycles. The third-order valence-corrected chi connectivity index (χ3v) is 8.30. The largest absolute Gasteiger partial charge is 0.455 e. The van der Waals surface area contributed by atoms with Gasteiger partial charge < -0.3 is 25.1 Å². The van der Waals surface area contributed by atoms with Crippen LogP contribution in [0, 0.1) is 11.7 Å². The summed E-state index contributed by atoms with van der Waals surface area (Å²) in [6.07, 6.45) is 3.40. The summed E-state index contributed by atoms with van der Waals surface area (Å²) in [7, 11) is 1.56. The van der Waals surface area contributed by atoms with Crippen LogP contribution in [0.2, 0.25) is 0 Å². The first kappa shape index (κ1) is 29.3. The first-order valence-electron chi connectivity index (χ1n) is 14.7. The van der Waals surface area contributed by atoms with Crippen LogP contribution in [0.1, 0.15) is 60.2 Å². The molecular formula is C34H38FN3O4. The van der Waals surface area contributed by atoms with Gasteiger partial charge in [-0.2, -0.15) is 0 Å². The van der Waals surface area contributed by atoms with Crippen LogP contribution in [-0.2, 0) is 0 Å². The molecule has 2 amide bonds. The van der Waals surface area contributed by atoms with Crippen molar-refractivity contribution >= 4 is 28.5 Å². The lowest BCUT2D eigenvalue weighted by atomic mass is 9.86. The van der Waals surface area contributed by atoms with E-state index in [4.69, 9.17) is 4.42 Å². The summed E-state index contributed by atoms with van der Waals surface area (Å²) in [5.74, 6) is -0.436. The van der Waals surface area contributed by atoms with Crippen LogP contribution < -0.4 is 15.5 Å². The normalized spacial score (nSPS) is 16.8. The SMILES string of the molecule is CCN(CC)c1cc2oc(-c3ccc(F)cc3)c(C(=O)NC)c2cc1-c1cccc(C(=O)NC[C@H]2CCCC[C@H]2O)c1. The molecule has 2 atom stereocenters. The van der Waals surface area contributed by atoms with E-state index >= 15 is 0 Å². The van der Waals surface area contributed by atoms with Crippen LogP contribution in [0.3, 0.4) is 0 Å². The molecule has 42 heavy (non-hydrogen) atoms. The molecule has 3 aromatic carbocycles. The monoisotopic (exact) mass is 571 g/mol. The Morgan fingerprint density at radius 2 is 1.71 bits per heavy atom. The van der Waals surface area contributed by atoms with Gasteiger partial charge in [-0.3, -0.25) is 9.59 Å². The first-order chi connectivity index (χ1) is 20.3. The second kappa shape index (κ2) is 12.8. The number of hydrogen-bond donors (Lipinski definition) is 3. The Morgan fingerprint density at radius 3 is 2.40 bits per heavy atom. The quantitative estimate of drug-likeness (QED) is 0.216. The zero-order valence-corrected chi connectivity index (χ0v) is 24.4. The molecule has 1 saturated carbocycles. The molecule has 5 rings (SSSR count). The minimum Gasteiger partial charge on any atom is -0.455 e. The molecule has 0 aliphatic heterocycles. The predicted molar refractivity (Wildman–Crippen MR) is 164 cm³/mol. The average Bonchev–Trinajstić information content (AvgIpc) is 3.39. The van der Waals surface area contributed by atoms with E-state index in [1.54, 1.807) is 25.2 Å². The molecule has 0 spiro atoms. The lowest BCUT2D eigenvalue weighted by Gasteiger charge is -2.27. The topological polar surface area (TPSA) is 94.8 Å². The zero-order valence-electron chi connectivity index (χ0n) is 24.4. The predicted octanol–water partition coefficient (Wildman–Crippen LogP) is 6.39. The molecule has 0 bridgehead atoms. The van der Waals surface area contributed by atoms with Crippen molar-refractivity contribution in [2.75, 3.05) is 31.6 Å². The maximum Gasteiger partial charge on any atom is 0.255 e. The van der Waals surface area contributed by atoms with Crippen LogP contribution in [-0.4, -0.2) is 49.7 Å². The number of nitrogens with zero attached hydrogens (tertiary/aromatic N) is 1. The van der Waals surface area contributed by atoms with Gasteiger partial charge in [0, 0.05) is 66.4 Å². The molecular weight excluding hydrogens is 533 g/mol. The van der Waals surface area contributed by atoms with Gasteiger partial charge in [-0.05, 0) is 74.7 Å². The van der Waals surface area contributed by atoms with Gasteiger partial charge in [0.1, 0.15) is 17.2 Å². The van der Waals surface area contributed by atoms with E-state index in [2.05, 4.69) is 29.4 Å². The van der Waals surface area contributed by atoms with Gasteiger partial charge in [-0.1, -0.05) is 25.0 Å². The highest BCUT2D eigenvalue weighted by atomic mass is 19.1. The molecule has 1 fully saturated rings. The van der Waals surface area contributed by atoms with Crippen molar-refractivity contribution in [3.63, 3.8) is 0 Å². The summed E-state index contributed by atoms with van der Waals surface area (Å²) in [5.41, 5.74) is 4.63. The molecule has 0 radical (unpaired) electrons. The van der Waals surface area contributed by atoms with Crippen LogP contribution in [0.4, 0.5) is 10.1 Å². The van der Waals surface area contributed by atoms with Crippen molar-refractivity contribution in [2.24, 2.45) is 5.92 Å². The molecule has 7 nitrogen and oxygen atoms in total. The fourth-order valence-corrected chi connectivity index (χ4v) is 5.92. The fraction of sp³-hybridized carbons (Fsp3) is 0.353. The number of benzene rings is 3. The van der Waals surface area contributed by atoms with Crippen LogP contribution in [0.15, 0.2) is 65.1 Å². The number of carbonyl (C=O) groups excluding carboxylic acids is 2. The molecule has 220 valence electrons. The van der Waals surface area contributed by atoms with Gasteiger partial charge >= 0.3 is 0 Å². The van der Waals surface area contributed by atoms with Crippen LogP contribution in [0.25, 0.3) is 33.4 Å². The van der Waals surface area contributed by atoms with E-state index in [1.165, 1.54) is 12.1 Å². The third kappa shape index (κ3) is 5.90.